The predicted octanol–water partition coefficient (Wildman–Crippen LogP) is 2.80. The first-order valence-electron chi connectivity index (χ1n) is 7.35. The smallest absolute Gasteiger partial charge is 0.269 e. The molecule has 0 aliphatic carbocycles. The molecular formula is C16H16IN5O2S. The number of aromatic nitrogens is 3. The molecule has 0 saturated carbocycles. The standard InChI is InChI=1S/C16H16IN5O2S/c1-11-4-6-12(7-5-11)25(23,24)22-8-13(17)14-15(20-10-21(2)3)18-9-19-16(14)22/h4-10H,1-3H3. The van der Waals surface area contributed by atoms with E-state index in [0.717, 1.165) is 9.13 Å². The summed E-state index contributed by atoms with van der Waals surface area (Å²) in [7, 11) is -0.0560. The maximum absolute atomic E-state index is 13.0. The number of nitrogens with zero attached hydrogens (tertiary/aromatic N) is 5. The zero-order chi connectivity index (χ0) is 18.2. The molecule has 3 aromatic rings. The van der Waals surface area contributed by atoms with Crippen molar-refractivity contribution in [2.75, 3.05) is 14.1 Å². The van der Waals surface area contributed by atoms with E-state index in [1.165, 1.54) is 10.3 Å². The van der Waals surface area contributed by atoms with Crippen molar-refractivity contribution in [3.8, 4) is 0 Å². The summed E-state index contributed by atoms with van der Waals surface area (Å²) in [4.78, 5) is 14.7. The van der Waals surface area contributed by atoms with E-state index in [4.69, 9.17) is 0 Å². The summed E-state index contributed by atoms with van der Waals surface area (Å²) in [6.07, 6.45) is 4.48. The first-order chi connectivity index (χ1) is 11.8. The van der Waals surface area contributed by atoms with E-state index in [2.05, 4.69) is 37.6 Å². The fraction of sp³-hybridized carbons (Fsp3) is 0.188. The van der Waals surface area contributed by atoms with E-state index in [-0.39, 0.29) is 4.90 Å². The Morgan fingerprint density at radius 2 is 1.88 bits per heavy atom. The van der Waals surface area contributed by atoms with Gasteiger partial charge in [0.1, 0.15) is 6.33 Å². The Morgan fingerprint density at radius 3 is 2.52 bits per heavy atom. The van der Waals surface area contributed by atoms with Gasteiger partial charge in [0.2, 0.25) is 0 Å². The molecular weight excluding hydrogens is 453 g/mol. The van der Waals surface area contributed by atoms with Crippen LogP contribution in [0.2, 0.25) is 0 Å². The molecule has 2 heterocycles. The van der Waals surface area contributed by atoms with Crippen LogP contribution in [0.5, 0.6) is 0 Å². The van der Waals surface area contributed by atoms with Crippen LogP contribution in [0.25, 0.3) is 11.0 Å². The second-order valence-electron chi connectivity index (χ2n) is 5.70. The van der Waals surface area contributed by atoms with Gasteiger partial charge in [0, 0.05) is 23.9 Å². The average molecular weight is 469 g/mol. The van der Waals surface area contributed by atoms with Crippen molar-refractivity contribution in [1.29, 1.82) is 0 Å². The van der Waals surface area contributed by atoms with E-state index >= 15 is 0 Å². The summed E-state index contributed by atoms with van der Waals surface area (Å²) in [5.41, 5.74) is 1.31. The van der Waals surface area contributed by atoms with Crippen molar-refractivity contribution >= 4 is 55.8 Å². The molecule has 130 valence electrons. The molecule has 0 aliphatic rings. The van der Waals surface area contributed by atoms with Gasteiger partial charge >= 0.3 is 0 Å². The topological polar surface area (TPSA) is 80.5 Å². The summed E-state index contributed by atoms with van der Waals surface area (Å²) in [6, 6.07) is 6.72. The molecule has 0 saturated heterocycles. The monoisotopic (exact) mass is 469 g/mol. The zero-order valence-corrected chi connectivity index (χ0v) is 16.9. The third-order valence-electron chi connectivity index (χ3n) is 3.47. The Labute approximate surface area is 159 Å². The Kier molecular flexibility index (Phi) is 4.78. The maximum Gasteiger partial charge on any atom is 0.269 e. The summed E-state index contributed by atoms with van der Waals surface area (Å²) in [5.74, 6) is 0.431. The lowest BCUT2D eigenvalue weighted by molar-refractivity contribution is 0.588. The molecule has 0 spiro atoms. The predicted molar refractivity (Wildman–Crippen MR) is 106 cm³/mol. The molecule has 0 radical (unpaired) electrons. The largest absolute Gasteiger partial charge is 0.369 e. The van der Waals surface area contributed by atoms with Crippen molar-refractivity contribution in [2.24, 2.45) is 4.99 Å². The highest BCUT2D eigenvalue weighted by Crippen LogP contribution is 2.31. The molecule has 2 aromatic heterocycles. The minimum absolute atomic E-state index is 0.211. The third-order valence-corrected chi connectivity index (χ3v) is 5.96. The molecule has 0 atom stereocenters. The van der Waals surface area contributed by atoms with E-state index in [1.807, 2.05) is 21.0 Å². The normalized spacial score (nSPS) is 12.2. The van der Waals surface area contributed by atoms with E-state index in [0.29, 0.717) is 16.9 Å². The van der Waals surface area contributed by atoms with E-state index in [9.17, 15) is 8.42 Å². The molecule has 0 unspecified atom stereocenters. The number of hydrogen-bond acceptors (Lipinski definition) is 5. The Morgan fingerprint density at radius 1 is 1.20 bits per heavy atom. The summed E-state index contributed by atoms with van der Waals surface area (Å²) in [5, 5.41) is 0.608. The number of aliphatic imine (C=N–C) groups is 1. The van der Waals surface area contributed by atoms with Crippen molar-refractivity contribution < 1.29 is 8.42 Å². The Bertz CT molecular complexity index is 1060. The molecule has 0 bridgehead atoms. The van der Waals surface area contributed by atoms with Gasteiger partial charge in [-0.15, -0.1) is 0 Å². The number of fused-ring (bicyclic) bond motifs is 1. The van der Waals surface area contributed by atoms with Crippen molar-refractivity contribution in [1.82, 2.24) is 18.8 Å². The number of aryl methyl sites for hydroxylation is 1. The lowest BCUT2D eigenvalue weighted by atomic mass is 10.2. The highest BCUT2D eigenvalue weighted by atomic mass is 127. The van der Waals surface area contributed by atoms with Crippen LogP contribution in [0.1, 0.15) is 5.56 Å². The van der Waals surface area contributed by atoms with Crippen LogP contribution in [0.15, 0.2) is 46.7 Å². The van der Waals surface area contributed by atoms with Crippen LogP contribution in [-0.2, 0) is 10.0 Å². The average Bonchev–Trinajstić information content (AvgIpc) is 2.92. The number of hydrogen-bond donors (Lipinski definition) is 0. The summed E-state index contributed by atoms with van der Waals surface area (Å²) >= 11 is 2.07. The van der Waals surface area contributed by atoms with Gasteiger partial charge < -0.3 is 4.90 Å². The van der Waals surface area contributed by atoms with Crippen molar-refractivity contribution in [3.05, 3.63) is 45.9 Å². The van der Waals surface area contributed by atoms with E-state index in [1.54, 1.807) is 41.7 Å². The van der Waals surface area contributed by atoms with Gasteiger partial charge in [0.05, 0.1) is 16.6 Å². The summed E-state index contributed by atoms with van der Waals surface area (Å²) in [6.45, 7) is 1.91. The number of benzene rings is 1. The quantitative estimate of drug-likeness (QED) is 0.334. The maximum atomic E-state index is 13.0. The lowest BCUT2D eigenvalue weighted by Gasteiger charge is -2.07. The third kappa shape index (κ3) is 3.38. The first kappa shape index (κ1) is 17.8. The van der Waals surface area contributed by atoms with Gasteiger partial charge in [-0.2, -0.15) is 0 Å². The highest BCUT2D eigenvalue weighted by molar-refractivity contribution is 14.1. The SMILES string of the molecule is Cc1ccc(S(=O)(=O)n2cc(I)c3c(N=CN(C)C)ncnc32)cc1. The van der Waals surface area contributed by atoms with Crippen LogP contribution in [0.4, 0.5) is 5.82 Å². The van der Waals surface area contributed by atoms with Crippen molar-refractivity contribution in [2.45, 2.75) is 11.8 Å². The van der Waals surface area contributed by atoms with Gasteiger partial charge in [-0.3, -0.25) is 0 Å². The van der Waals surface area contributed by atoms with Gasteiger partial charge in [-0.25, -0.2) is 27.4 Å². The van der Waals surface area contributed by atoms with Crippen LogP contribution in [0.3, 0.4) is 0 Å². The Hall–Kier alpha value is -2.01. The molecule has 3 rings (SSSR count). The van der Waals surface area contributed by atoms with Crippen LogP contribution in [0, 0.1) is 10.5 Å². The van der Waals surface area contributed by atoms with Gasteiger partial charge in [0.15, 0.2) is 11.5 Å². The van der Waals surface area contributed by atoms with Crippen LogP contribution >= 0.6 is 22.6 Å². The fourth-order valence-electron chi connectivity index (χ4n) is 2.25. The molecule has 9 heteroatoms. The molecule has 0 amide bonds. The molecule has 25 heavy (non-hydrogen) atoms. The summed E-state index contributed by atoms with van der Waals surface area (Å²) < 4.78 is 27.9. The highest BCUT2D eigenvalue weighted by Gasteiger charge is 2.23. The van der Waals surface area contributed by atoms with Gasteiger partial charge in [0.25, 0.3) is 10.0 Å². The molecule has 7 nitrogen and oxygen atoms in total. The minimum atomic E-state index is -3.75. The fourth-order valence-corrected chi connectivity index (χ4v) is 4.52. The van der Waals surface area contributed by atoms with Gasteiger partial charge in [-0.1, -0.05) is 17.7 Å². The molecule has 0 N–H and O–H groups in total. The minimum Gasteiger partial charge on any atom is -0.369 e. The second-order valence-corrected chi connectivity index (χ2v) is 8.67. The van der Waals surface area contributed by atoms with Gasteiger partial charge in [-0.05, 0) is 41.6 Å². The molecule has 1 aromatic carbocycles. The second kappa shape index (κ2) is 6.71. The van der Waals surface area contributed by atoms with E-state index < -0.39 is 10.0 Å². The number of halogens is 1. The van der Waals surface area contributed by atoms with Crippen molar-refractivity contribution in [3.63, 3.8) is 0 Å². The molecule has 0 fully saturated rings. The van der Waals surface area contributed by atoms with Crippen LogP contribution < -0.4 is 0 Å². The first-order valence-corrected chi connectivity index (χ1v) is 9.87. The Balaban J connectivity index is 2.21. The van der Waals surface area contributed by atoms with Crippen LogP contribution in [-0.4, -0.2) is 47.7 Å². The number of rotatable bonds is 4. The zero-order valence-electron chi connectivity index (χ0n) is 13.9. The molecule has 0 aliphatic heterocycles. The lowest BCUT2D eigenvalue weighted by Crippen LogP contribution is -2.12.